The molecule has 0 heterocycles. The van der Waals surface area contributed by atoms with Crippen LogP contribution in [0.3, 0.4) is 0 Å². The fourth-order valence-electron chi connectivity index (χ4n) is 1.89. The smallest absolute Gasteiger partial charge is 0.292 e. The quantitative estimate of drug-likeness (QED) is 0.548. The van der Waals surface area contributed by atoms with Crippen molar-refractivity contribution < 1.29 is 19.9 Å². The van der Waals surface area contributed by atoms with Gasteiger partial charge in [-0.15, -0.1) is 0 Å². The maximum Gasteiger partial charge on any atom is 0.292 e. The van der Waals surface area contributed by atoms with E-state index in [9.17, 15) is 15.2 Å². The van der Waals surface area contributed by atoms with E-state index in [1.54, 1.807) is 31.1 Å². The number of benzene rings is 1. The van der Waals surface area contributed by atoms with Gasteiger partial charge in [0.2, 0.25) is 0 Å². The minimum absolute atomic E-state index is 0.0899. The number of aliphatic hydroxyl groups excluding tert-OH is 2. The molecule has 0 radical (unpaired) electrons. The first-order valence-electron chi connectivity index (χ1n) is 6.32. The number of hydrogen-bond donors (Lipinski definition) is 2. The van der Waals surface area contributed by atoms with Crippen molar-refractivity contribution in [3.05, 3.63) is 33.9 Å². The van der Waals surface area contributed by atoms with Crippen LogP contribution in [0, 0.1) is 10.1 Å². The lowest BCUT2D eigenvalue weighted by atomic mass is 10.1. The molecule has 0 saturated carbocycles. The fourth-order valence-corrected chi connectivity index (χ4v) is 1.89. The zero-order chi connectivity index (χ0) is 15.1. The maximum atomic E-state index is 11.2. The molecule has 7 nitrogen and oxygen atoms in total. The van der Waals surface area contributed by atoms with E-state index in [4.69, 9.17) is 9.84 Å². The third kappa shape index (κ3) is 4.16. The number of nitrogens with zero attached hydrogens (tertiary/aromatic N) is 2. The van der Waals surface area contributed by atoms with Crippen molar-refractivity contribution in [1.29, 1.82) is 0 Å². The van der Waals surface area contributed by atoms with E-state index in [0.717, 1.165) is 0 Å². The maximum absolute atomic E-state index is 11.2. The summed E-state index contributed by atoms with van der Waals surface area (Å²) in [6, 6.07) is 4.59. The van der Waals surface area contributed by atoms with Gasteiger partial charge in [-0.3, -0.25) is 10.1 Å². The van der Waals surface area contributed by atoms with Crippen molar-refractivity contribution in [3.63, 3.8) is 0 Å². The Bertz CT molecular complexity index is 450. The predicted molar refractivity (Wildman–Crippen MR) is 74.9 cm³/mol. The zero-order valence-corrected chi connectivity index (χ0v) is 11.7. The molecule has 0 unspecified atom stereocenters. The largest absolute Gasteiger partial charge is 0.395 e. The second kappa shape index (κ2) is 7.78. The summed E-state index contributed by atoms with van der Waals surface area (Å²) in [5.41, 5.74) is 0.801. The molecule has 0 saturated heterocycles. The Morgan fingerprint density at radius 1 is 1.45 bits per heavy atom. The van der Waals surface area contributed by atoms with Crippen molar-refractivity contribution in [2.24, 2.45) is 0 Å². The molecular formula is C13H20N2O5. The van der Waals surface area contributed by atoms with E-state index in [1.165, 1.54) is 6.07 Å². The van der Waals surface area contributed by atoms with E-state index in [1.807, 2.05) is 0 Å². The summed E-state index contributed by atoms with van der Waals surface area (Å²) in [6.07, 6.45) is -0.770. The van der Waals surface area contributed by atoms with Crippen molar-refractivity contribution in [2.45, 2.75) is 13.0 Å². The highest BCUT2D eigenvalue weighted by atomic mass is 16.6. The van der Waals surface area contributed by atoms with Crippen molar-refractivity contribution in [3.8, 4) is 0 Å². The standard InChI is InChI=1S/C13H20N2O5/c1-10(17)11-3-4-12(13(9-11)15(18)19)14(5-7-16)6-8-20-2/h3-4,9-10,16-17H,5-8H2,1-2H3/t10-/m1/s1. The molecule has 1 atom stereocenters. The molecular weight excluding hydrogens is 264 g/mol. The lowest BCUT2D eigenvalue weighted by Gasteiger charge is -2.23. The molecule has 20 heavy (non-hydrogen) atoms. The molecule has 7 heteroatoms. The first kappa shape index (κ1) is 16.4. The SMILES string of the molecule is COCCN(CCO)c1ccc([C@@H](C)O)cc1[N+](=O)[O-]. The average molecular weight is 284 g/mol. The van der Waals surface area contributed by atoms with Crippen molar-refractivity contribution >= 4 is 11.4 Å². The molecule has 0 bridgehead atoms. The van der Waals surface area contributed by atoms with Gasteiger partial charge in [-0.1, -0.05) is 6.07 Å². The second-order valence-corrected chi connectivity index (χ2v) is 4.38. The number of anilines is 1. The minimum atomic E-state index is -0.770. The van der Waals surface area contributed by atoms with Crippen LogP contribution in [0.1, 0.15) is 18.6 Å². The summed E-state index contributed by atoms with van der Waals surface area (Å²) in [5.74, 6) is 0. The topological polar surface area (TPSA) is 96.1 Å². The Hall–Kier alpha value is -1.70. The summed E-state index contributed by atoms with van der Waals surface area (Å²) in [7, 11) is 1.54. The molecule has 1 rings (SSSR count). The van der Waals surface area contributed by atoms with Gasteiger partial charge in [-0.25, -0.2) is 0 Å². The van der Waals surface area contributed by atoms with Gasteiger partial charge in [-0.2, -0.15) is 0 Å². The van der Waals surface area contributed by atoms with Crippen LogP contribution < -0.4 is 4.90 Å². The van der Waals surface area contributed by atoms with Gasteiger partial charge >= 0.3 is 0 Å². The third-order valence-corrected chi connectivity index (χ3v) is 2.95. The normalized spacial score (nSPS) is 12.2. The molecule has 2 N–H and O–H groups in total. The van der Waals surface area contributed by atoms with Crippen LogP contribution in [-0.2, 0) is 4.74 Å². The Balaban J connectivity index is 3.15. The molecule has 1 aromatic rings. The molecule has 0 aromatic heterocycles. The van der Waals surface area contributed by atoms with Crippen LogP contribution in [0.4, 0.5) is 11.4 Å². The van der Waals surface area contributed by atoms with E-state index in [0.29, 0.717) is 24.4 Å². The van der Waals surface area contributed by atoms with Gasteiger partial charge in [0.25, 0.3) is 5.69 Å². The van der Waals surface area contributed by atoms with E-state index >= 15 is 0 Å². The van der Waals surface area contributed by atoms with E-state index in [2.05, 4.69) is 0 Å². The number of nitro benzene ring substituents is 1. The molecule has 1 aromatic carbocycles. The first-order chi connectivity index (χ1) is 9.51. The number of aliphatic hydroxyl groups is 2. The van der Waals surface area contributed by atoms with Crippen LogP contribution >= 0.6 is 0 Å². The monoisotopic (exact) mass is 284 g/mol. The van der Waals surface area contributed by atoms with Crippen LogP contribution in [0.25, 0.3) is 0 Å². The Labute approximate surface area is 117 Å². The Morgan fingerprint density at radius 3 is 2.65 bits per heavy atom. The van der Waals surface area contributed by atoms with Gasteiger partial charge in [-0.05, 0) is 18.6 Å². The summed E-state index contributed by atoms with van der Waals surface area (Å²) in [4.78, 5) is 12.4. The van der Waals surface area contributed by atoms with Gasteiger partial charge in [0.1, 0.15) is 5.69 Å². The van der Waals surface area contributed by atoms with Crippen LogP contribution in [0.15, 0.2) is 18.2 Å². The summed E-state index contributed by atoms with van der Waals surface area (Å²) >= 11 is 0. The Morgan fingerprint density at radius 2 is 2.15 bits per heavy atom. The average Bonchev–Trinajstić information content (AvgIpc) is 2.42. The van der Waals surface area contributed by atoms with Crippen molar-refractivity contribution in [2.75, 3.05) is 38.3 Å². The molecule has 0 spiro atoms. The number of ether oxygens (including phenoxy) is 1. The summed E-state index contributed by atoms with van der Waals surface area (Å²) in [5, 5.41) is 29.8. The van der Waals surface area contributed by atoms with Gasteiger partial charge in [0.05, 0.1) is 24.2 Å². The molecule has 0 aliphatic carbocycles. The highest BCUT2D eigenvalue weighted by molar-refractivity contribution is 5.64. The molecule has 0 aliphatic rings. The molecule has 0 amide bonds. The lowest BCUT2D eigenvalue weighted by Crippen LogP contribution is -2.30. The summed E-state index contributed by atoms with van der Waals surface area (Å²) < 4.78 is 4.97. The number of nitro groups is 1. The van der Waals surface area contributed by atoms with E-state index in [-0.39, 0.29) is 18.8 Å². The lowest BCUT2D eigenvalue weighted by molar-refractivity contribution is -0.384. The number of methoxy groups -OCH3 is 1. The second-order valence-electron chi connectivity index (χ2n) is 4.38. The highest BCUT2D eigenvalue weighted by Crippen LogP contribution is 2.31. The van der Waals surface area contributed by atoms with Crippen molar-refractivity contribution in [1.82, 2.24) is 0 Å². The highest BCUT2D eigenvalue weighted by Gasteiger charge is 2.20. The van der Waals surface area contributed by atoms with Gasteiger partial charge in [0, 0.05) is 26.3 Å². The van der Waals surface area contributed by atoms with Crippen LogP contribution in [0.5, 0.6) is 0 Å². The molecule has 0 fully saturated rings. The zero-order valence-electron chi connectivity index (χ0n) is 11.7. The van der Waals surface area contributed by atoms with Gasteiger partial charge < -0.3 is 19.8 Å². The summed E-state index contributed by atoms with van der Waals surface area (Å²) in [6.45, 7) is 2.55. The van der Waals surface area contributed by atoms with E-state index < -0.39 is 11.0 Å². The third-order valence-electron chi connectivity index (χ3n) is 2.95. The molecule has 0 aliphatic heterocycles. The predicted octanol–water partition coefficient (Wildman–Crippen LogP) is 1.09. The first-order valence-corrected chi connectivity index (χ1v) is 6.32. The number of rotatable bonds is 8. The minimum Gasteiger partial charge on any atom is -0.395 e. The fraction of sp³-hybridized carbons (Fsp3) is 0.538. The van der Waals surface area contributed by atoms with Gasteiger partial charge in [0.15, 0.2) is 0 Å². The van der Waals surface area contributed by atoms with Crippen LogP contribution in [-0.4, -0.2) is 48.5 Å². The molecule has 112 valence electrons. The Kier molecular flexibility index (Phi) is 6.37. The number of hydrogen-bond acceptors (Lipinski definition) is 6. The van der Waals surface area contributed by atoms with Crippen LogP contribution in [0.2, 0.25) is 0 Å².